The fourth-order valence-corrected chi connectivity index (χ4v) is 5.50. The van der Waals surface area contributed by atoms with E-state index < -0.39 is 15.5 Å². The molecule has 0 fully saturated rings. The van der Waals surface area contributed by atoms with Crippen molar-refractivity contribution < 1.29 is 73.5 Å². The van der Waals surface area contributed by atoms with E-state index in [1.165, 1.54) is 0 Å². The van der Waals surface area contributed by atoms with Crippen LogP contribution >= 0.6 is 15.5 Å². The molecule has 2 rings (SSSR count). The second kappa shape index (κ2) is 10.7. The van der Waals surface area contributed by atoms with Gasteiger partial charge in [-0.2, -0.15) is 0 Å². The van der Waals surface area contributed by atoms with Crippen molar-refractivity contribution in [3.63, 3.8) is 0 Å². The van der Waals surface area contributed by atoms with E-state index in [0.29, 0.717) is 6.16 Å². The Bertz CT molecular complexity index is 521. The first-order valence-corrected chi connectivity index (χ1v) is 9.20. The van der Waals surface area contributed by atoms with Crippen LogP contribution in [0.15, 0.2) is 60.7 Å². The van der Waals surface area contributed by atoms with Crippen LogP contribution in [0.2, 0.25) is 0 Å². The summed E-state index contributed by atoms with van der Waals surface area (Å²) in [5.74, 6) is 0. The Kier molecular flexibility index (Phi) is 11.3. The minimum Gasteiger partial charge on any atom is -0.811 e. The largest absolute Gasteiger partial charge is 1.00 e. The van der Waals surface area contributed by atoms with Gasteiger partial charge in [0.1, 0.15) is 0 Å². The maximum atomic E-state index is 10.9. The van der Waals surface area contributed by atoms with Crippen molar-refractivity contribution >= 4 is 26.1 Å². The molecule has 0 radical (unpaired) electrons. The van der Waals surface area contributed by atoms with Crippen molar-refractivity contribution in [1.29, 1.82) is 0 Å². The Labute approximate surface area is 171 Å². The van der Waals surface area contributed by atoms with Crippen molar-refractivity contribution in [3.05, 3.63) is 60.7 Å². The van der Waals surface area contributed by atoms with E-state index >= 15 is 0 Å². The summed E-state index contributed by atoms with van der Waals surface area (Å²) in [4.78, 5) is 21.8. The summed E-state index contributed by atoms with van der Waals surface area (Å²) >= 11 is 0. The molecule has 0 saturated heterocycles. The molecule has 100 valence electrons. The maximum absolute atomic E-state index is 10.9. The summed E-state index contributed by atoms with van der Waals surface area (Å²) < 4.78 is 10.9. The van der Waals surface area contributed by atoms with Gasteiger partial charge in [0.05, 0.1) is 0 Å². The summed E-state index contributed by atoms with van der Waals surface area (Å²) in [6.07, 6.45) is 0.0934. The van der Waals surface area contributed by atoms with Gasteiger partial charge < -0.3 is 14.4 Å². The number of rotatable bonds is 5. The Morgan fingerprint density at radius 3 is 1.52 bits per heavy atom. The summed E-state index contributed by atoms with van der Waals surface area (Å²) in [6, 6.07) is 19.5. The van der Waals surface area contributed by atoms with Gasteiger partial charge in [-0.3, -0.25) is 0 Å². The molecular weight excluding hydrogens is 324 g/mol. The van der Waals surface area contributed by atoms with Crippen LogP contribution in [0.1, 0.15) is 0 Å². The van der Waals surface area contributed by atoms with Crippen molar-refractivity contribution in [2.45, 2.75) is 0 Å². The van der Waals surface area contributed by atoms with Gasteiger partial charge in [-0.25, -0.2) is 0 Å². The average molecular weight is 338 g/mol. The Morgan fingerprint density at radius 1 is 0.810 bits per heavy atom. The smallest absolute Gasteiger partial charge is 0.811 e. The molecule has 2 aromatic rings. The fraction of sp³-hybridized carbons (Fsp3) is 0.143. The van der Waals surface area contributed by atoms with E-state index in [1.54, 1.807) is 0 Å². The minimum absolute atomic E-state index is 0. The van der Waals surface area contributed by atoms with Crippen LogP contribution in [-0.4, -0.2) is 12.3 Å². The third-order valence-corrected chi connectivity index (χ3v) is 6.37. The number of hydrogen-bond donors (Lipinski definition) is 0. The maximum Gasteiger partial charge on any atom is 1.00 e. The molecule has 0 spiro atoms. The molecule has 21 heavy (non-hydrogen) atoms. The molecule has 0 bridgehead atoms. The zero-order valence-corrected chi connectivity index (χ0v) is 18.1. The molecule has 2 aromatic carbocycles. The molecular formula is C14H14Na2O3P2. The van der Waals surface area contributed by atoms with Gasteiger partial charge in [-0.1, -0.05) is 68.3 Å². The van der Waals surface area contributed by atoms with Crippen molar-refractivity contribution in [1.82, 2.24) is 0 Å². The van der Waals surface area contributed by atoms with Gasteiger partial charge in [0.25, 0.3) is 0 Å². The van der Waals surface area contributed by atoms with Gasteiger partial charge in [-0.15, -0.1) is 0 Å². The first-order valence-electron chi connectivity index (χ1n) is 5.95. The van der Waals surface area contributed by atoms with Gasteiger partial charge in [0, 0.05) is 0 Å². The molecule has 3 nitrogen and oxygen atoms in total. The SMILES string of the molecule is O=P([O-])([O-])CCP(c1ccccc1)c1ccccc1.[Na+].[Na+]. The van der Waals surface area contributed by atoms with Gasteiger partial charge in [0.15, 0.2) is 0 Å². The second-order valence-electron chi connectivity index (χ2n) is 4.16. The van der Waals surface area contributed by atoms with E-state index in [4.69, 9.17) is 0 Å². The van der Waals surface area contributed by atoms with Gasteiger partial charge in [-0.05, 0) is 30.9 Å². The molecule has 0 atom stereocenters. The standard InChI is InChI=1S/C14H16O3P2.2Na/c15-19(16,17)12-11-18(13-7-3-1-4-8-13)14-9-5-2-6-10-14;;/h1-10H,11-12H2,(H2,15,16,17);;/q;2*+1/p-2. The molecule has 0 amide bonds. The molecule has 7 heteroatoms. The molecule has 0 unspecified atom stereocenters. The summed E-state index contributed by atoms with van der Waals surface area (Å²) in [5.41, 5.74) is 0. The summed E-state index contributed by atoms with van der Waals surface area (Å²) in [6.45, 7) is 0. The fourth-order valence-electron chi connectivity index (χ4n) is 1.85. The second-order valence-corrected chi connectivity index (χ2v) is 8.16. The van der Waals surface area contributed by atoms with Crippen LogP contribution in [0.4, 0.5) is 0 Å². The third kappa shape index (κ3) is 7.90. The quantitative estimate of drug-likeness (QED) is 0.405. The molecule has 0 N–H and O–H groups in total. The normalized spacial score (nSPS) is 10.6. The van der Waals surface area contributed by atoms with Crippen molar-refractivity contribution in [2.24, 2.45) is 0 Å². The van der Waals surface area contributed by atoms with Crippen LogP contribution in [0.25, 0.3) is 0 Å². The first-order chi connectivity index (χ1) is 9.06. The molecule has 0 saturated carbocycles. The Hall–Kier alpha value is 1.02. The van der Waals surface area contributed by atoms with E-state index in [2.05, 4.69) is 0 Å². The number of benzene rings is 2. The summed E-state index contributed by atoms with van der Waals surface area (Å²) in [7, 11) is -5.23. The summed E-state index contributed by atoms with van der Waals surface area (Å²) in [5, 5.41) is 2.19. The first kappa shape index (κ1) is 22.0. The predicted octanol–water partition coefficient (Wildman–Crippen LogP) is -4.96. The third-order valence-electron chi connectivity index (χ3n) is 2.73. The van der Waals surface area contributed by atoms with Crippen molar-refractivity contribution in [3.8, 4) is 0 Å². The molecule has 0 heterocycles. The van der Waals surface area contributed by atoms with Gasteiger partial charge in [0.2, 0.25) is 0 Å². The molecule has 0 aliphatic carbocycles. The van der Waals surface area contributed by atoms with E-state index in [9.17, 15) is 14.4 Å². The average Bonchev–Trinajstić information content (AvgIpc) is 2.40. The van der Waals surface area contributed by atoms with Crippen LogP contribution in [-0.2, 0) is 4.57 Å². The zero-order chi connectivity index (χ0) is 13.7. The molecule has 0 aliphatic heterocycles. The minimum atomic E-state index is -4.44. The Balaban J connectivity index is 0.00000200. The zero-order valence-electron chi connectivity index (χ0n) is 12.3. The van der Waals surface area contributed by atoms with Crippen LogP contribution in [0.5, 0.6) is 0 Å². The van der Waals surface area contributed by atoms with E-state index in [-0.39, 0.29) is 65.3 Å². The van der Waals surface area contributed by atoms with Crippen LogP contribution in [0, 0.1) is 0 Å². The number of hydrogen-bond acceptors (Lipinski definition) is 3. The predicted molar refractivity (Wildman–Crippen MR) is 76.4 cm³/mol. The van der Waals surface area contributed by atoms with Crippen LogP contribution in [0.3, 0.4) is 0 Å². The monoisotopic (exact) mass is 338 g/mol. The van der Waals surface area contributed by atoms with E-state index in [0.717, 1.165) is 10.6 Å². The van der Waals surface area contributed by atoms with Gasteiger partial charge >= 0.3 is 59.1 Å². The topological polar surface area (TPSA) is 63.2 Å². The molecule has 0 aromatic heterocycles. The van der Waals surface area contributed by atoms with E-state index in [1.807, 2.05) is 60.7 Å². The Morgan fingerprint density at radius 2 is 1.19 bits per heavy atom. The van der Waals surface area contributed by atoms with Crippen molar-refractivity contribution in [2.75, 3.05) is 12.3 Å². The van der Waals surface area contributed by atoms with Crippen LogP contribution < -0.4 is 79.5 Å². The molecule has 0 aliphatic rings.